The third-order valence-electron chi connectivity index (χ3n) is 4.51. The normalized spacial score (nSPS) is 25.3. The van der Waals surface area contributed by atoms with Crippen molar-refractivity contribution in [2.75, 3.05) is 0 Å². The molecule has 1 N–H and O–H groups in total. The first-order chi connectivity index (χ1) is 10.3. The standard InChI is InChI=1S/C16H17N3O2/c20-16(21)12-4-2-1-3-11(12)15-18-13-9-17-8-7-14(13)19(15)10-5-6-10/h1-2,7-12H,3-6H2,(H,20,21). The molecule has 0 aliphatic heterocycles. The Morgan fingerprint density at radius 2 is 2.10 bits per heavy atom. The topological polar surface area (TPSA) is 68.0 Å². The minimum Gasteiger partial charge on any atom is -0.481 e. The van der Waals surface area contributed by atoms with Crippen molar-refractivity contribution >= 4 is 17.0 Å². The van der Waals surface area contributed by atoms with Gasteiger partial charge in [0.15, 0.2) is 0 Å². The largest absolute Gasteiger partial charge is 0.481 e. The maximum absolute atomic E-state index is 11.6. The third kappa shape index (κ3) is 2.04. The van der Waals surface area contributed by atoms with Crippen LogP contribution < -0.4 is 0 Å². The van der Waals surface area contributed by atoms with Crippen molar-refractivity contribution in [3.63, 3.8) is 0 Å². The minimum absolute atomic E-state index is 0.0412. The Labute approximate surface area is 122 Å². The number of pyridine rings is 1. The van der Waals surface area contributed by atoms with Gasteiger partial charge in [-0.25, -0.2) is 4.98 Å². The lowest BCUT2D eigenvalue weighted by Gasteiger charge is -2.25. The summed E-state index contributed by atoms with van der Waals surface area (Å²) in [6.07, 6.45) is 11.3. The molecule has 2 unspecified atom stereocenters. The average Bonchev–Trinajstić information content (AvgIpc) is 3.27. The van der Waals surface area contributed by atoms with Crippen molar-refractivity contribution in [2.45, 2.75) is 37.6 Å². The SMILES string of the molecule is O=C(O)C1CC=CCC1c1nc2cnccc2n1C1CC1. The second-order valence-electron chi connectivity index (χ2n) is 5.93. The molecule has 5 heteroatoms. The number of allylic oxidation sites excluding steroid dienone is 2. The average molecular weight is 283 g/mol. The number of hydrogen-bond donors (Lipinski definition) is 1. The summed E-state index contributed by atoms with van der Waals surface area (Å²) >= 11 is 0. The number of imidazole rings is 1. The van der Waals surface area contributed by atoms with E-state index in [1.807, 2.05) is 12.1 Å². The van der Waals surface area contributed by atoms with Gasteiger partial charge in [0.25, 0.3) is 0 Å². The highest BCUT2D eigenvalue weighted by atomic mass is 16.4. The van der Waals surface area contributed by atoms with E-state index in [1.54, 1.807) is 12.4 Å². The van der Waals surface area contributed by atoms with Gasteiger partial charge in [0, 0.05) is 18.2 Å². The van der Waals surface area contributed by atoms with Gasteiger partial charge in [-0.05, 0) is 31.7 Å². The van der Waals surface area contributed by atoms with Gasteiger partial charge in [0.2, 0.25) is 0 Å². The van der Waals surface area contributed by atoms with Gasteiger partial charge in [0.05, 0.1) is 17.6 Å². The van der Waals surface area contributed by atoms with Crippen LogP contribution in [0.4, 0.5) is 0 Å². The number of fused-ring (bicyclic) bond motifs is 1. The zero-order chi connectivity index (χ0) is 14.4. The number of aromatic nitrogens is 3. The van der Waals surface area contributed by atoms with Gasteiger partial charge in [-0.1, -0.05) is 12.2 Å². The molecule has 2 heterocycles. The van der Waals surface area contributed by atoms with Gasteiger partial charge in [-0.3, -0.25) is 9.78 Å². The summed E-state index contributed by atoms with van der Waals surface area (Å²) in [7, 11) is 0. The molecule has 2 atom stereocenters. The summed E-state index contributed by atoms with van der Waals surface area (Å²) < 4.78 is 2.26. The van der Waals surface area contributed by atoms with E-state index in [2.05, 4.69) is 15.6 Å². The highest BCUT2D eigenvalue weighted by Gasteiger charge is 2.37. The molecule has 2 aromatic rings. The summed E-state index contributed by atoms with van der Waals surface area (Å²) in [6.45, 7) is 0. The number of rotatable bonds is 3. The quantitative estimate of drug-likeness (QED) is 0.879. The fraction of sp³-hybridized carbons (Fsp3) is 0.438. The van der Waals surface area contributed by atoms with Crippen LogP contribution in [0, 0.1) is 5.92 Å². The molecule has 5 nitrogen and oxygen atoms in total. The maximum atomic E-state index is 11.6. The lowest BCUT2D eigenvalue weighted by molar-refractivity contribution is -0.142. The van der Waals surface area contributed by atoms with Crippen molar-refractivity contribution in [3.05, 3.63) is 36.4 Å². The fourth-order valence-electron chi connectivity index (χ4n) is 3.32. The van der Waals surface area contributed by atoms with Crippen LogP contribution >= 0.6 is 0 Å². The second-order valence-corrected chi connectivity index (χ2v) is 5.93. The van der Waals surface area contributed by atoms with Crippen LogP contribution in [0.15, 0.2) is 30.6 Å². The number of aliphatic carboxylic acids is 1. The number of nitrogens with zero attached hydrogens (tertiary/aromatic N) is 3. The smallest absolute Gasteiger partial charge is 0.307 e. The Kier molecular flexibility index (Phi) is 2.80. The summed E-state index contributed by atoms with van der Waals surface area (Å²) in [6, 6.07) is 2.46. The van der Waals surface area contributed by atoms with Crippen LogP contribution in [0.25, 0.3) is 11.0 Å². The number of carbonyl (C=O) groups is 1. The highest BCUT2D eigenvalue weighted by molar-refractivity contribution is 5.76. The Morgan fingerprint density at radius 1 is 1.29 bits per heavy atom. The van der Waals surface area contributed by atoms with Crippen LogP contribution in [0.5, 0.6) is 0 Å². The van der Waals surface area contributed by atoms with Gasteiger partial charge in [-0.15, -0.1) is 0 Å². The molecule has 2 aliphatic rings. The lowest BCUT2D eigenvalue weighted by Crippen LogP contribution is -2.25. The lowest BCUT2D eigenvalue weighted by atomic mass is 9.82. The van der Waals surface area contributed by atoms with Gasteiger partial charge >= 0.3 is 5.97 Å². The van der Waals surface area contributed by atoms with Crippen molar-refractivity contribution in [1.29, 1.82) is 0 Å². The first-order valence-electron chi connectivity index (χ1n) is 7.45. The Morgan fingerprint density at radius 3 is 2.86 bits per heavy atom. The van der Waals surface area contributed by atoms with Crippen LogP contribution in [0.2, 0.25) is 0 Å². The molecule has 0 bridgehead atoms. The van der Waals surface area contributed by atoms with E-state index in [9.17, 15) is 9.90 Å². The van der Waals surface area contributed by atoms with Gasteiger partial charge in [0.1, 0.15) is 11.3 Å². The van der Waals surface area contributed by atoms with E-state index in [1.165, 1.54) is 0 Å². The van der Waals surface area contributed by atoms with Gasteiger partial charge in [-0.2, -0.15) is 0 Å². The fourth-order valence-corrected chi connectivity index (χ4v) is 3.32. The number of hydrogen-bond acceptors (Lipinski definition) is 3. The van der Waals surface area contributed by atoms with Gasteiger partial charge < -0.3 is 9.67 Å². The maximum Gasteiger partial charge on any atom is 0.307 e. The van der Waals surface area contributed by atoms with Crippen molar-refractivity contribution in [3.8, 4) is 0 Å². The zero-order valence-electron chi connectivity index (χ0n) is 11.6. The third-order valence-corrected chi connectivity index (χ3v) is 4.51. The Balaban J connectivity index is 1.87. The Hall–Kier alpha value is -2.17. The molecule has 0 amide bonds. The van der Waals surface area contributed by atoms with Crippen molar-refractivity contribution in [1.82, 2.24) is 14.5 Å². The highest BCUT2D eigenvalue weighted by Crippen LogP contribution is 2.43. The molecule has 2 aromatic heterocycles. The first-order valence-corrected chi connectivity index (χ1v) is 7.45. The molecule has 108 valence electrons. The van der Waals surface area contributed by atoms with E-state index in [-0.39, 0.29) is 11.8 Å². The van der Waals surface area contributed by atoms with E-state index in [0.29, 0.717) is 12.5 Å². The van der Waals surface area contributed by atoms with Crippen molar-refractivity contribution in [2.24, 2.45) is 5.92 Å². The molecule has 0 spiro atoms. The van der Waals surface area contributed by atoms with Crippen LogP contribution in [0.1, 0.15) is 43.5 Å². The molecule has 1 saturated carbocycles. The van der Waals surface area contributed by atoms with Crippen molar-refractivity contribution < 1.29 is 9.90 Å². The summed E-state index contributed by atoms with van der Waals surface area (Å²) in [5, 5.41) is 9.51. The number of carboxylic acid groups (broad SMARTS) is 1. The molecular weight excluding hydrogens is 266 g/mol. The molecule has 0 radical (unpaired) electrons. The molecule has 0 aromatic carbocycles. The summed E-state index contributed by atoms with van der Waals surface area (Å²) in [5.74, 6) is -0.216. The summed E-state index contributed by atoms with van der Waals surface area (Å²) in [5.41, 5.74) is 1.96. The molecule has 21 heavy (non-hydrogen) atoms. The van der Waals surface area contributed by atoms with E-state index < -0.39 is 5.97 Å². The molecule has 1 fully saturated rings. The predicted octanol–water partition coefficient (Wildman–Crippen LogP) is 2.90. The Bertz CT molecular complexity index is 730. The van der Waals surface area contributed by atoms with E-state index in [4.69, 9.17) is 4.98 Å². The minimum atomic E-state index is -0.725. The molecular formula is C16H17N3O2. The van der Waals surface area contributed by atoms with Crippen LogP contribution in [0.3, 0.4) is 0 Å². The van der Waals surface area contributed by atoms with Crippen LogP contribution in [-0.4, -0.2) is 25.6 Å². The second kappa shape index (κ2) is 4.69. The van der Waals surface area contributed by atoms with Crippen LogP contribution in [-0.2, 0) is 4.79 Å². The zero-order valence-corrected chi connectivity index (χ0v) is 11.6. The summed E-state index contributed by atoms with van der Waals surface area (Å²) in [4.78, 5) is 20.4. The molecule has 4 rings (SSSR count). The first kappa shape index (κ1) is 12.6. The number of carboxylic acids is 1. The van der Waals surface area contributed by atoms with E-state index in [0.717, 1.165) is 36.1 Å². The predicted molar refractivity (Wildman–Crippen MR) is 78.0 cm³/mol. The van der Waals surface area contributed by atoms with E-state index >= 15 is 0 Å². The molecule has 0 saturated heterocycles. The molecule has 2 aliphatic carbocycles. The monoisotopic (exact) mass is 283 g/mol.